The van der Waals surface area contributed by atoms with E-state index >= 15 is 0 Å². The van der Waals surface area contributed by atoms with Crippen LogP contribution in [0.3, 0.4) is 0 Å². The van der Waals surface area contributed by atoms with Crippen LogP contribution >= 0.6 is 0 Å². The van der Waals surface area contributed by atoms with Gasteiger partial charge in [0, 0.05) is 23.8 Å². The molecule has 1 heterocycles. The number of anilines is 2. The van der Waals surface area contributed by atoms with Crippen LogP contribution < -0.4 is 10.6 Å². The van der Waals surface area contributed by atoms with Crippen molar-refractivity contribution in [1.29, 1.82) is 0 Å². The first-order valence-corrected chi connectivity index (χ1v) is 10.7. The molecule has 0 bridgehead atoms. The largest absolute Gasteiger partial charge is 0.372 e. The fourth-order valence-corrected chi connectivity index (χ4v) is 4.70. The first kappa shape index (κ1) is 20.0. The van der Waals surface area contributed by atoms with Crippen LogP contribution in [0.2, 0.25) is 0 Å². The van der Waals surface area contributed by atoms with Crippen molar-refractivity contribution in [3.8, 4) is 0 Å². The average molecular weight is 425 g/mol. The number of fused-ring (bicyclic) bond motifs is 1. The minimum Gasteiger partial charge on any atom is -0.372 e. The Bertz CT molecular complexity index is 1250. The molecule has 2 N–H and O–H groups in total. The van der Waals surface area contributed by atoms with E-state index in [1.807, 2.05) is 31.2 Å². The van der Waals surface area contributed by atoms with E-state index in [1.54, 1.807) is 18.2 Å². The highest BCUT2D eigenvalue weighted by atomic mass is 16.6. The number of ketones is 1. The number of nitro benzene ring substituents is 1. The Balaban J connectivity index is 1.64. The van der Waals surface area contributed by atoms with E-state index in [2.05, 4.69) is 34.9 Å². The van der Waals surface area contributed by atoms with Crippen molar-refractivity contribution >= 4 is 22.8 Å². The zero-order chi connectivity index (χ0) is 22.2. The lowest BCUT2D eigenvalue weighted by atomic mass is 9.78. The lowest BCUT2D eigenvalue weighted by Crippen LogP contribution is -2.27. The fraction of sp³-hybridized carbons (Fsp3) is 0.192. The highest BCUT2D eigenvalue weighted by Gasteiger charge is 2.38. The van der Waals surface area contributed by atoms with Gasteiger partial charge in [0.15, 0.2) is 5.78 Å². The summed E-state index contributed by atoms with van der Waals surface area (Å²) in [5.74, 6) is 0.0683. The third-order valence-corrected chi connectivity index (χ3v) is 6.30. The second kappa shape index (κ2) is 7.96. The molecule has 6 nitrogen and oxygen atoms in total. The molecule has 2 aliphatic rings. The predicted octanol–water partition coefficient (Wildman–Crippen LogP) is 5.88. The Morgan fingerprint density at radius 3 is 2.34 bits per heavy atom. The first-order valence-electron chi connectivity index (χ1n) is 10.7. The summed E-state index contributed by atoms with van der Waals surface area (Å²) in [7, 11) is 0. The maximum atomic E-state index is 13.5. The van der Waals surface area contributed by atoms with Gasteiger partial charge in [0.25, 0.3) is 5.69 Å². The topological polar surface area (TPSA) is 84.3 Å². The molecule has 0 unspecified atom stereocenters. The van der Waals surface area contributed by atoms with Gasteiger partial charge in [-0.2, -0.15) is 0 Å². The number of para-hydroxylation sites is 3. The molecular weight excluding hydrogens is 402 g/mol. The zero-order valence-corrected chi connectivity index (χ0v) is 17.7. The number of aryl methyl sites for hydroxylation is 1. The Morgan fingerprint density at radius 1 is 0.906 bits per heavy atom. The van der Waals surface area contributed by atoms with Crippen molar-refractivity contribution in [2.45, 2.75) is 31.7 Å². The predicted molar refractivity (Wildman–Crippen MR) is 125 cm³/mol. The zero-order valence-electron chi connectivity index (χ0n) is 17.7. The minimum atomic E-state index is -0.603. The van der Waals surface area contributed by atoms with Gasteiger partial charge in [-0.05, 0) is 43.0 Å². The van der Waals surface area contributed by atoms with Gasteiger partial charge in [-0.25, -0.2) is 0 Å². The number of hydrogen-bond acceptors (Lipinski definition) is 5. The lowest BCUT2D eigenvalue weighted by molar-refractivity contribution is -0.385. The number of benzene rings is 3. The Hall–Kier alpha value is -3.93. The summed E-state index contributed by atoms with van der Waals surface area (Å²) >= 11 is 0. The molecule has 0 fully saturated rings. The van der Waals surface area contributed by atoms with Gasteiger partial charge >= 0.3 is 0 Å². The Kier molecular flexibility index (Phi) is 4.98. The van der Waals surface area contributed by atoms with Crippen molar-refractivity contribution in [3.63, 3.8) is 0 Å². The maximum absolute atomic E-state index is 13.5. The van der Waals surface area contributed by atoms with Crippen molar-refractivity contribution in [2.75, 3.05) is 10.6 Å². The third-order valence-electron chi connectivity index (χ3n) is 6.30. The van der Waals surface area contributed by atoms with Crippen molar-refractivity contribution < 1.29 is 9.72 Å². The molecule has 6 heteroatoms. The minimum absolute atomic E-state index is 0.00434. The summed E-state index contributed by atoms with van der Waals surface area (Å²) in [6, 6.07) is 22.1. The molecule has 32 heavy (non-hydrogen) atoms. The summed E-state index contributed by atoms with van der Waals surface area (Å²) in [4.78, 5) is 24.9. The number of nitro groups is 1. The number of nitrogens with one attached hydrogen (secondary N) is 2. The van der Waals surface area contributed by atoms with Crippen molar-refractivity contribution in [1.82, 2.24) is 0 Å². The molecule has 160 valence electrons. The molecule has 3 aromatic rings. The molecule has 0 aromatic heterocycles. The second-order valence-corrected chi connectivity index (χ2v) is 8.40. The van der Waals surface area contributed by atoms with Crippen LogP contribution in [0.25, 0.3) is 0 Å². The third kappa shape index (κ3) is 3.54. The van der Waals surface area contributed by atoms with Gasteiger partial charge in [-0.3, -0.25) is 14.9 Å². The lowest BCUT2D eigenvalue weighted by Gasteiger charge is -2.29. The first-order chi connectivity index (χ1) is 15.5. The van der Waals surface area contributed by atoms with Crippen LogP contribution in [-0.4, -0.2) is 10.7 Å². The molecule has 1 aliphatic carbocycles. The van der Waals surface area contributed by atoms with E-state index in [-0.39, 0.29) is 22.3 Å². The monoisotopic (exact) mass is 425 g/mol. The normalized spacial score (nSPS) is 19.8. The molecular formula is C26H23N3O3. The van der Waals surface area contributed by atoms with Crippen molar-refractivity contribution in [2.24, 2.45) is 0 Å². The number of allylic oxidation sites excluding steroid dienone is 1. The van der Waals surface area contributed by atoms with E-state index in [0.29, 0.717) is 24.0 Å². The number of carbonyl (C=O) groups is 1. The molecule has 0 radical (unpaired) electrons. The number of nitrogens with zero attached hydrogens (tertiary/aromatic N) is 1. The number of carbonyl (C=O) groups excluding carboxylic acids is 1. The number of Topliss-reactive ketones (excluding diaryl/α,β-unsaturated/α-hetero) is 1. The molecule has 5 rings (SSSR count). The number of hydrogen-bond donors (Lipinski definition) is 2. The van der Waals surface area contributed by atoms with Crippen LogP contribution in [0.15, 0.2) is 84.1 Å². The van der Waals surface area contributed by atoms with Gasteiger partial charge < -0.3 is 10.6 Å². The van der Waals surface area contributed by atoms with Gasteiger partial charge in [-0.15, -0.1) is 0 Å². The summed E-state index contributed by atoms with van der Waals surface area (Å²) in [6.07, 6.45) is 1.04. The summed E-state index contributed by atoms with van der Waals surface area (Å²) in [6.45, 7) is 2.04. The van der Waals surface area contributed by atoms with Gasteiger partial charge in [0.2, 0.25) is 0 Å². The second-order valence-electron chi connectivity index (χ2n) is 8.40. The quantitative estimate of drug-likeness (QED) is 0.404. The molecule has 3 aromatic carbocycles. The van der Waals surface area contributed by atoms with Crippen LogP contribution in [0.1, 0.15) is 41.5 Å². The van der Waals surface area contributed by atoms with E-state index in [9.17, 15) is 14.9 Å². The van der Waals surface area contributed by atoms with Gasteiger partial charge in [-0.1, -0.05) is 54.1 Å². The standard InChI is InChI=1S/C26H23N3O3/c1-16-10-12-17(13-11-16)18-14-22-25(24(30)15-18)26(19-6-2-5-9-23(19)29(31)32)28-21-8-4-3-7-20(21)27-22/h2-13,18,26-28H,14-15H2,1H3/t18-,26+/m0/s1. The van der Waals surface area contributed by atoms with E-state index in [4.69, 9.17) is 0 Å². The Labute approximate surface area is 186 Å². The van der Waals surface area contributed by atoms with Crippen LogP contribution in [0.5, 0.6) is 0 Å². The van der Waals surface area contributed by atoms with Crippen LogP contribution in [0, 0.1) is 17.0 Å². The van der Waals surface area contributed by atoms with Gasteiger partial charge in [0.05, 0.1) is 27.9 Å². The molecule has 0 spiro atoms. The SMILES string of the molecule is Cc1ccc([C@@H]2CC(=O)C3=C(C2)Nc2ccccc2N[C@@H]3c2ccccc2[N+](=O)[O-])cc1. The van der Waals surface area contributed by atoms with E-state index < -0.39 is 6.04 Å². The van der Waals surface area contributed by atoms with E-state index in [0.717, 1.165) is 22.6 Å². The summed E-state index contributed by atoms with van der Waals surface area (Å²) in [5.41, 5.74) is 5.88. The average Bonchev–Trinajstić information content (AvgIpc) is 2.96. The summed E-state index contributed by atoms with van der Waals surface area (Å²) < 4.78 is 0. The molecule has 0 saturated carbocycles. The molecule has 2 atom stereocenters. The Morgan fingerprint density at radius 2 is 1.59 bits per heavy atom. The summed E-state index contributed by atoms with van der Waals surface area (Å²) in [5, 5.41) is 18.7. The van der Waals surface area contributed by atoms with Crippen LogP contribution in [-0.2, 0) is 4.79 Å². The fourth-order valence-electron chi connectivity index (χ4n) is 4.70. The highest BCUT2D eigenvalue weighted by molar-refractivity contribution is 6.01. The van der Waals surface area contributed by atoms with Gasteiger partial charge in [0.1, 0.15) is 0 Å². The maximum Gasteiger partial charge on any atom is 0.275 e. The molecule has 0 amide bonds. The number of rotatable bonds is 3. The van der Waals surface area contributed by atoms with Crippen molar-refractivity contribution in [3.05, 3.63) is 111 Å². The highest BCUT2D eigenvalue weighted by Crippen LogP contribution is 2.45. The molecule has 0 saturated heterocycles. The molecule has 1 aliphatic heterocycles. The van der Waals surface area contributed by atoms with Crippen LogP contribution in [0.4, 0.5) is 17.1 Å². The smallest absolute Gasteiger partial charge is 0.275 e. The van der Waals surface area contributed by atoms with E-state index in [1.165, 1.54) is 11.6 Å².